The van der Waals surface area contributed by atoms with Crippen LogP contribution in [0.3, 0.4) is 0 Å². The molecule has 0 fully saturated rings. The Morgan fingerprint density at radius 2 is 2.06 bits per heavy atom. The summed E-state index contributed by atoms with van der Waals surface area (Å²) in [4.78, 5) is 23.3. The Bertz CT molecular complexity index is 658. The van der Waals surface area contributed by atoms with E-state index in [0.29, 0.717) is 16.0 Å². The Morgan fingerprint density at radius 1 is 1.33 bits per heavy atom. The average molecular weight is 267 g/mol. The molecule has 4 nitrogen and oxygen atoms in total. The summed E-state index contributed by atoms with van der Waals surface area (Å²) in [7, 11) is 0. The molecule has 0 radical (unpaired) electrons. The quantitative estimate of drug-likeness (QED) is 0.619. The van der Waals surface area contributed by atoms with Crippen molar-refractivity contribution in [2.45, 2.75) is 20.0 Å². The summed E-state index contributed by atoms with van der Waals surface area (Å²) >= 11 is 5.84. The second-order valence-electron chi connectivity index (χ2n) is 4.08. The number of hydrogen-bond donors (Lipinski definition) is 0. The summed E-state index contributed by atoms with van der Waals surface area (Å²) in [5, 5.41) is 1.08. The maximum atomic E-state index is 11.7. The van der Waals surface area contributed by atoms with Crippen LogP contribution in [0.1, 0.15) is 24.2 Å². The largest absolute Gasteiger partial charge is 0.459 e. The summed E-state index contributed by atoms with van der Waals surface area (Å²) in [5.74, 6) is -0.694. The third kappa shape index (κ3) is 2.54. The Labute approximate surface area is 108 Å². The van der Waals surface area contributed by atoms with Crippen molar-refractivity contribution in [2.24, 2.45) is 0 Å². The maximum absolute atomic E-state index is 11.7. The van der Waals surface area contributed by atoms with Crippen LogP contribution in [0.5, 0.6) is 0 Å². The molecule has 0 amide bonds. The van der Waals surface area contributed by atoms with Crippen LogP contribution in [0, 0.1) is 0 Å². The zero-order chi connectivity index (χ0) is 13.3. The van der Waals surface area contributed by atoms with Crippen LogP contribution in [0.25, 0.3) is 11.0 Å². The Morgan fingerprint density at radius 3 is 2.72 bits per heavy atom. The Hall–Kier alpha value is -1.81. The molecule has 0 aliphatic rings. The molecule has 0 spiro atoms. The molecule has 1 heterocycles. The first-order valence-corrected chi connectivity index (χ1v) is 5.79. The van der Waals surface area contributed by atoms with E-state index in [0.717, 1.165) is 0 Å². The van der Waals surface area contributed by atoms with Crippen molar-refractivity contribution in [3.05, 3.63) is 45.3 Å². The van der Waals surface area contributed by atoms with Crippen LogP contribution in [0.15, 0.2) is 33.5 Å². The molecule has 0 N–H and O–H groups in total. The van der Waals surface area contributed by atoms with Crippen LogP contribution in [0.2, 0.25) is 5.02 Å². The molecule has 0 unspecified atom stereocenters. The Kier molecular flexibility index (Phi) is 3.39. The van der Waals surface area contributed by atoms with Gasteiger partial charge in [-0.3, -0.25) is 0 Å². The molecule has 1 aromatic heterocycles. The topological polar surface area (TPSA) is 56.5 Å². The molecule has 94 valence electrons. The Balaban J connectivity index is 2.54. The van der Waals surface area contributed by atoms with Crippen molar-refractivity contribution in [3.8, 4) is 0 Å². The molecule has 2 aromatic rings. The number of benzene rings is 1. The normalized spacial score (nSPS) is 10.9. The third-order valence-corrected chi connectivity index (χ3v) is 2.49. The zero-order valence-electron chi connectivity index (χ0n) is 9.90. The first kappa shape index (κ1) is 12.6. The van der Waals surface area contributed by atoms with Crippen molar-refractivity contribution >= 4 is 28.5 Å². The van der Waals surface area contributed by atoms with Gasteiger partial charge in [-0.2, -0.15) is 0 Å². The lowest BCUT2D eigenvalue weighted by Crippen LogP contribution is -2.19. The molecule has 0 aliphatic heterocycles. The molecule has 1 aromatic carbocycles. The maximum Gasteiger partial charge on any atom is 0.351 e. The van der Waals surface area contributed by atoms with Gasteiger partial charge in [0.25, 0.3) is 0 Å². The first-order chi connectivity index (χ1) is 8.47. The van der Waals surface area contributed by atoms with Gasteiger partial charge in [0, 0.05) is 10.4 Å². The third-order valence-electron chi connectivity index (χ3n) is 2.26. The highest BCUT2D eigenvalue weighted by molar-refractivity contribution is 6.31. The zero-order valence-corrected chi connectivity index (χ0v) is 10.7. The summed E-state index contributed by atoms with van der Waals surface area (Å²) in [6.07, 6.45) is -0.299. The van der Waals surface area contributed by atoms with Gasteiger partial charge in [-0.05, 0) is 38.1 Å². The van der Waals surface area contributed by atoms with Crippen LogP contribution < -0.4 is 5.63 Å². The first-order valence-electron chi connectivity index (χ1n) is 5.42. The molecule has 0 bridgehead atoms. The summed E-state index contributed by atoms with van der Waals surface area (Å²) < 4.78 is 10.00. The standard InChI is InChI=1S/C13H11ClO4/c1-7(2)17-12(15)10-6-8-5-9(14)3-4-11(8)18-13(10)16/h3-7H,1-2H3. The van der Waals surface area contributed by atoms with E-state index in [9.17, 15) is 9.59 Å². The smallest absolute Gasteiger partial charge is 0.351 e. The monoisotopic (exact) mass is 266 g/mol. The van der Waals surface area contributed by atoms with E-state index in [1.54, 1.807) is 32.0 Å². The van der Waals surface area contributed by atoms with Crippen molar-refractivity contribution < 1.29 is 13.9 Å². The molecule has 0 saturated heterocycles. The van der Waals surface area contributed by atoms with Crippen molar-refractivity contribution in [1.29, 1.82) is 0 Å². The number of fused-ring (bicyclic) bond motifs is 1. The van der Waals surface area contributed by atoms with E-state index in [4.69, 9.17) is 20.8 Å². The van der Waals surface area contributed by atoms with E-state index in [1.807, 2.05) is 0 Å². The lowest BCUT2D eigenvalue weighted by Gasteiger charge is -2.07. The fraction of sp³-hybridized carbons (Fsp3) is 0.231. The van der Waals surface area contributed by atoms with Gasteiger partial charge in [0.2, 0.25) is 0 Å². The van der Waals surface area contributed by atoms with E-state index in [2.05, 4.69) is 0 Å². The van der Waals surface area contributed by atoms with E-state index < -0.39 is 11.6 Å². The van der Waals surface area contributed by atoms with Gasteiger partial charge in [-0.1, -0.05) is 11.6 Å². The number of esters is 1. The number of carbonyl (C=O) groups excluding carboxylic acids is 1. The van der Waals surface area contributed by atoms with Gasteiger partial charge in [0.1, 0.15) is 11.1 Å². The molecule has 0 saturated carbocycles. The second-order valence-corrected chi connectivity index (χ2v) is 4.52. The number of halogens is 1. The van der Waals surface area contributed by atoms with Gasteiger partial charge in [-0.25, -0.2) is 9.59 Å². The van der Waals surface area contributed by atoms with Gasteiger partial charge in [0.05, 0.1) is 6.10 Å². The van der Waals surface area contributed by atoms with E-state index in [1.165, 1.54) is 6.07 Å². The van der Waals surface area contributed by atoms with E-state index in [-0.39, 0.29) is 11.7 Å². The van der Waals surface area contributed by atoms with E-state index >= 15 is 0 Å². The van der Waals surface area contributed by atoms with Crippen LogP contribution in [0.4, 0.5) is 0 Å². The van der Waals surface area contributed by atoms with Gasteiger partial charge in [-0.15, -0.1) is 0 Å². The van der Waals surface area contributed by atoms with Crippen LogP contribution in [-0.2, 0) is 4.74 Å². The fourth-order valence-corrected chi connectivity index (χ4v) is 1.69. The van der Waals surface area contributed by atoms with Gasteiger partial charge < -0.3 is 9.15 Å². The fourth-order valence-electron chi connectivity index (χ4n) is 1.51. The van der Waals surface area contributed by atoms with Crippen LogP contribution in [-0.4, -0.2) is 12.1 Å². The molecule has 5 heteroatoms. The number of ether oxygens (including phenoxy) is 1. The molecule has 0 atom stereocenters. The summed E-state index contributed by atoms with van der Waals surface area (Å²) in [5.41, 5.74) is -0.459. The highest BCUT2D eigenvalue weighted by atomic mass is 35.5. The molecule has 18 heavy (non-hydrogen) atoms. The minimum Gasteiger partial charge on any atom is -0.459 e. The number of hydrogen-bond acceptors (Lipinski definition) is 4. The highest BCUT2D eigenvalue weighted by Gasteiger charge is 2.16. The minimum absolute atomic E-state index is 0.126. The molecular formula is C13H11ClO4. The van der Waals surface area contributed by atoms with Crippen molar-refractivity contribution in [1.82, 2.24) is 0 Å². The predicted octanol–water partition coefficient (Wildman–Crippen LogP) is 3.01. The number of carbonyl (C=O) groups is 1. The molecule has 2 rings (SSSR count). The van der Waals surface area contributed by atoms with Crippen molar-refractivity contribution in [3.63, 3.8) is 0 Å². The average Bonchev–Trinajstić information content (AvgIpc) is 2.27. The molecular weight excluding hydrogens is 256 g/mol. The van der Waals surface area contributed by atoms with Crippen molar-refractivity contribution in [2.75, 3.05) is 0 Å². The summed E-state index contributed by atoms with van der Waals surface area (Å²) in [6.45, 7) is 3.41. The minimum atomic E-state index is -0.713. The molecule has 0 aliphatic carbocycles. The predicted molar refractivity (Wildman–Crippen MR) is 68.0 cm³/mol. The lowest BCUT2D eigenvalue weighted by atomic mass is 10.2. The number of rotatable bonds is 2. The lowest BCUT2D eigenvalue weighted by molar-refractivity contribution is 0.0373. The summed E-state index contributed by atoms with van der Waals surface area (Å²) in [6, 6.07) is 6.24. The van der Waals surface area contributed by atoms with Gasteiger partial charge >= 0.3 is 11.6 Å². The SMILES string of the molecule is CC(C)OC(=O)c1cc2cc(Cl)ccc2oc1=O. The van der Waals surface area contributed by atoms with Crippen LogP contribution >= 0.6 is 11.6 Å². The highest BCUT2D eigenvalue weighted by Crippen LogP contribution is 2.19. The van der Waals surface area contributed by atoms with Gasteiger partial charge in [0.15, 0.2) is 0 Å². The second kappa shape index (κ2) is 4.82.